The fraction of sp³-hybridized carbons (Fsp3) is 0.810. The smallest absolute Gasteiger partial charge is 0.335 e. The highest BCUT2D eigenvalue weighted by atomic mass is 28.5. The average molecular weight is 487 g/mol. The van der Waals surface area contributed by atoms with Crippen molar-refractivity contribution in [1.82, 2.24) is 9.55 Å². The Morgan fingerprint density at radius 3 is 2.06 bits per heavy atom. The van der Waals surface area contributed by atoms with Crippen molar-refractivity contribution in [3.05, 3.63) is 33.1 Å². The molecule has 0 saturated carbocycles. The lowest BCUT2D eigenvalue weighted by Crippen LogP contribution is -2.65. The minimum atomic E-state index is -2.91. The lowest BCUT2D eigenvalue weighted by Gasteiger charge is -2.51. The molecule has 11 heteroatoms. The fourth-order valence-electron chi connectivity index (χ4n) is 4.99. The SMILES string of the molecule is CC(C)[Si]1(C(C)C)OC[C@@H]2O[C@@H](n3ccc(=O)[nH]c3=O)[C@H](O)[C@@H]2O[Si](C(C)C)(C(C)C)O1. The minimum absolute atomic E-state index is 0.108. The van der Waals surface area contributed by atoms with E-state index in [0.29, 0.717) is 0 Å². The summed E-state index contributed by atoms with van der Waals surface area (Å²) in [4.78, 5) is 26.1. The molecular formula is C21H38N2O7Si2. The number of aliphatic hydroxyl groups excluding tert-OH is 1. The first-order valence-corrected chi connectivity index (χ1v) is 15.5. The molecule has 32 heavy (non-hydrogen) atoms. The molecule has 4 atom stereocenters. The molecule has 0 aliphatic carbocycles. The van der Waals surface area contributed by atoms with Crippen molar-refractivity contribution in [3.63, 3.8) is 0 Å². The van der Waals surface area contributed by atoms with Gasteiger partial charge < -0.3 is 22.8 Å². The maximum absolute atomic E-state index is 12.4. The molecule has 0 spiro atoms. The van der Waals surface area contributed by atoms with Gasteiger partial charge in [-0.05, 0) is 22.2 Å². The van der Waals surface area contributed by atoms with Gasteiger partial charge in [-0.2, -0.15) is 0 Å². The predicted octanol–water partition coefficient (Wildman–Crippen LogP) is 2.75. The zero-order chi connectivity index (χ0) is 24.0. The number of H-pyrrole nitrogens is 1. The zero-order valence-electron chi connectivity index (χ0n) is 20.3. The Hall–Kier alpha value is -1.09. The molecule has 0 amide bonds. The fourth-order valence-corrected chi connectivity index (χ4v) is 16.2. The number of ether oxygens (including phenoxy) is 1. The summed E-state index contributed by atoms with van der Waals surface area (Å²) >= 11 is 0. The second-order valence-electron chi connectivity index (χ2n) is 10.1. The lowest BCUT2D eigenvalue weighted by atomic mass is 10.1. The summed E-state index contributed by atoms with van der Waals surface area (Å²) < 4.78 is 27.9. The molecule has 0 aromatic carbocycles. The molecule has 2 aliphatic heterocycles. The van der Waals surface area contributed by atoms with E-state index in [2.05, 4.69) is 60.4 Å². The summed E-state index contributed by atoms with van der Waals surface area (Å²) in [6, 6.07) is 1.23. The van der Waals surface area contributed by atoms with E-state index in [9.17, 15) is 14.7 Å². The third-order valence-corrected chi connectivity index (χ3v) is 17.0. The quantitative estimate of drug-likeness (QED) is 0.616. The number of aromatic nitrogens is 2. The van der Waals surface area contributed by atoms with Crippen molar-refractivity contribution in [1.29, 1.82) is 0 Å². The number of aromatic amines is 1. The van der Waals surface area contributed by atoms with Gasteiger partial charge in [0.25, 0.3) is 5.56 Å². The van der Waals surface area contributed by atoms with E-state index in [1.807, 2.05) is 0 Å². The van der Waals surface area contributed by atoms with Crippen LogP contribution in [0.3, 0.4) is 0 Å². The first-order valence-electron chi connectivity index (χ1n) is 11.5. The van der Waals surface area contributed by atoms with E-state index in [1.165, 1.54) is 16.8 Å². The third kappa shape index (κ3) is 4.24. The molecule has 1 aromatic rings. The van der Waals surface area contributed by atoms with Gasteiger partial charge >= 0.3 is 22.8 Å². The largest absolute Gasteiger partial charge is 0.414 e. The first kappa shape index (κ1) is 25.5. The summed E-state index contributed by atoms with van der Waals surface area (Å²) in [5.41, 5.74) is -0.551. The van der Waals surface area contributed by atoms with E-state index in [1.54, 1.807) is 0 Å². The van der Waals surface area contributed by atoms with E-state index >= 15 is 0 Å². The maximum Gasteiger partial charge on any atom is 0.335 e. The molecule has 0 unspecified atom stereocenters. The number of nitrogens with zero attached hydrogens (tertiary/aromatic N) is 1. The topological polar surface area (TPSA) is 112 Å². The Morgan fingerprint density at radius 1 is 1.00 bits per heavy atom. The van der Waals surface area contributed by atoms with Crippen LogP contribution in [0.5, 0.6) is 0 Å². The van der Waals surface area contributed by atoms with Crippen LogP contribution >= 0.6 is 0 Å². The van der Waals surface area contributed by atoms with Crippen LogP contribution in [0, 0.1) is 0 Å². The highest BCUT2D eigenvalue weighted by Crippen LogP contribution is 2.48. The molecule has 2 N–H and O–H groups in total. The van der Waals surface area contributed by atoms with Gasteiger partial charge in [0, 0.05) is 12.3 Å². The lowest BCUT2D eigenvalue weighted by molar-refractivity contribution is -0.0600. The summed E-state index contributed by atoms with van der Waals surface area (Å²) in [5, 5.41) is 11.2. The predicted molar refractivity (Wildman–Crippen MR) is 125 cm³/mol. The van der Waals surface area contributed by atoms with Gasteiger partial charge in [-0.25, -0.2) is 4.79 Å². The Kier molecular flexibility index (Phi) is 7.40. The van der Waals surface area contributed by atoms with E-state index in [-0.39, 0.29) is 28.8 Å². The Balaban J connectivity index is 2.08. The van der Waals surface area contributed by atoms with Gasteiger partial charge in [0.2, 0.25) is 0 Å². The van der Waals surface area contributed by atoms with Gasteiger partial charge in [-0.1, -0.05) is 55.4 Å². The van der Waals surface area contributed by atoms with Gasteiger partial charge in [0.15, 0.2) is 6.23 Å². The molecule has 9 nitrogen and oxygen atoms in total. The van der Waals surface area contributed by atoms with Crippen molar-refractivity contribution in [2.75, 3.05) is 6.61 Å². The molecule has 2 fully saturated rings. The summed E-state index contributed by atoms with van der Waals surface area (Å²) in [6.45, 7) is 17.2. The molecule has 182 valence electrons. The second-order valence-corrected chi connectivity index (χ2v) is 19.0. The van der Waals surface area contributed by atoms with Crippen LogP contribution in [0.25, 0.3) is 0 Å². The van der Waals surface area contributed by atoms with E-state index in [4.69, 9.17) is 17.7 Å². The minimum Gasteiger partial charge on any atom is -0.414 e. The number of hydrogen-bond acceptors (Lipinski definition) is 7. The number of rotatable bonds is 5. The van der Waals surface area contributed by atoms with Gasteiger partial charge in [-0.15, -0.1) is 0 Å². The van der Waals surface area contributed by atoms with Crippen molar-refractivity contribution in [2.45, 2.75) is 102 Å². The van der Waals surface area contributed by atoms with E-state index < -0.39 is 52.9 Å². The molecule has 0 radical (unpaired) electrons. The monoisotopic (exact) mass is 486 g/mol. The van der Waals surface area contributed by atoms with Crippen molar-refractivity contribution in [2.24, 2.45) is 0 Å². The molecule has 2 saturated heterocycles. The van der Waals surface area contributed by atoms with Gasteiger partial charge in [-0.3, -0.25) is 14.3 Å². The molecule has 1 aromatic heterocycles. The number of aliphatic hydroxyl groups is 1. The van der Waals surface area contributed by atoms with Crippen LogP contribution in [0.4, 0.5) is 0 Å². The number of hydrogen-bond donors (Lipinski definition) is 2. The number of nitrogens with one attached hydrogen (secondary N) is 1. The van der Waals surface area contributed by atoms with Gasteiger partial charge in [0.1, 0.15) is 18.3 Å². The normalized spacial score (nSPS) is 30.0. The summed E-state index contributed by atoms with van der Waals surface area (Å²) in [7, 11) is -5.63. The highest BCUT2D eigenvalue weighted by Gasteiger charge is 2.61. The van der Waals surface area contributed by atoms with Crippen LogP contribution in [0.2, 0.25) is 22.2 Å². The molecule has 3 rings (SSSR count). The Labute approximate surface area is 191 Å². The second kappa shape index (κ2) is 9.28. The molecule has 2 aliphatic rings. The zero-order valence-corrected chi connectivity index (χ0v) is 22.3. The summed E-state index contributed by atoms with van der Waals surface area (Å²) in [5.74, 6) is 0. The maximum atomic E-state index is 12.4. The third-order valence-electron chi connectivity index (χ3n) is 6.77. The molecular weight excluding hydrogens is 448 g/mol. The summed E-state index contributed by atoms with van der Waals surface area (Å²) in [6.07, 6.45) is -2.04. The highest BCUT2D eigenvalue weighted by molar-refractivity contribution is 6.83. The van der Waals surface area contributed by atoms with E-state index in [0.717, 1.165) is 0 Å². The molecule has 0 bridgehead atoms. The van der Waals surface area contributed by atoms with Crippen LogP contribution in [-0.2, 0) is 17.7 Å². The van der Waals surface area contributed by atoms with Crippen LogP contribution in [0.15, 0.2) is 21.9 Å². The molecule has 3 heterocycles. The van der Waals surface area contributed by atoms with Crippen molar-refractivity contribution < 1.29 is 22.8 Å². The average Bonchev–Trinajstić information content (AvgIpc) is 2.96. The van der Waals surface area contributed by atoms with Gasteiger partial charge in [0.05, 0.1) is 6.61 Å². The standard InChI is InChI=1S/C21H38N2O7Si2/c1-12(2)31(13(3)4)27-11-16-19(29-32(30-31,14(5)6)15(7)8)18(25)20(28-16)23-10-9-17(24)22-21(23)26/h9-10,12-16,18-20,25H,11H2,1-8H3,(H,22,24,26)/t16-,18+,19+,20+/m0/s1. The van der Waals surface area contributed by atoms with Crippen LogP contribution < -0.4 is 11.2 Å². The Bertz CT molecular complexity index is 898. The van der Waals surface area contributed by atoms with Crippen molar-refractivity contribution in [3.8, 4) is 0 Å². The van der Waals surface area contributed by atoms with Crippen LogP contribution in [0.1, 0.15) is 61.6 Å². The van der Waals surface area contributed by atoms with Crippen molar-refractivity contribution >= 4 is 17.1 Å². The number of fused-ring (bicyclic) bond motifs is 1. The van der Waals surface area contributed by atoms with Crippen LogP contribution in [-0.4, -0.2) is 56.7 Å². The Morgan fingerprint density at radius 2 is 1.56 bits per heavy atom. The first-order chi connectivity index (χ1) is 14.9.